The number of rotatable bonds is 5. The maximum absolute atomic E-state index is 12.2. The Morgan fingerprint density at radius 3 is 2.50 bits per heavy atom. The van der Waals surface area contributed by atoms with E-state index < -0.39 is 0 Å². The molecule has 0 spiro atoms. The monoisotopic (exact) mass is 268 g/mol. The lowest BCUT2D eigenvalue weighted by Crippen LogP contribution is -2.24. The molecule has 4 nitrogen and oxygen atoms in total. The summed E-state index contributed by atoms with van der Waals surface area (Å²) in [5.74, 6) is -0.127. The fraction of sp³-hybridized carbons (Fsp3) is 0.188. The van der Waals surface area contributed by atoms with Crippen LogP contribution in [0.2, 0.25) is 0 Å². The number of carbonyl (C=O) groups is 2. The first-order valence-electron chi connectivity index (χ1n) is 6.41. The lowest BCUT2D eigenvalue weighted by atomic mass is 10.0. The topological polar surface area (TPSA) is 59.1 Å². The summed E-state index contributed by atoms with van der Waals surface area (Å²) in [6.07, 6.45) is 3.65. The van der Waals surface area contributed by atoms with E-state index in [1.165, 1.54) is 6.92 Å². The van der Waals surface area contributed by atoms with E-state index in [-0.39, 0.29) is 18.1 Å². The summed E-state index contributed by atoms with van der Waals surface area (Å²) in [5, 5.41) is 2.85. The largest absolute Gasteiger partial charge is 0.348 e. The number of Topliss-reactive ketones (excluding diaryl/α,β-unsaturated/α-hetero) is 1. The smallest absolute Gasteiger partial charge is 0.251 e. The summed E-state index contributed by atoms with van der Waals surface area (Å²) in [6.45, 7) is 1.96. The summed E-state index contributed by atoms with van der Waals surface area (Å²) in [6, 6.07) is 10.9. The van der Waals surface area contributed by atoms with Crippen molar-refractivity contribution in [2.24, 2.45) is 0 Å². The number of hydrogen-bond donors (Lipinski definition) is 1. The van der Waals surface area contributed by atoms with Gasteiger partial charge in [0.1, 0.15) is 5.78 Å². The third-order valence-electron chi connectivity index (χ3n) is 2.90. The lowest BCUT2D eigenvalue weighted by Gasteiger charge is -2.09. The van der Waals surface area contributed by atoms with Crippen LogP contribution < -0.4 is 5.32 Å². The van der Waals surface area contributed by atoms with Gasteiger partial charge in [0.05, 0.1) is 0 Å². The molecule has 20 heavy (non-hydrogen) atoms. The van der Waals surface area contributed by atoms with Crippen LogP contribution in [0.25, 0.3) is 0 Å². The highest BCUT2D eigenvalue weighted by Gasteiger charge is 2.11. The zero-order valence-electron chi connectivity index (χ0n) is 11.3. The highest BCUT2D eigenvalue weighted by atomic mass is 16.1. The Morgan fingerprint density at radius 1 is 1.10 bits per heavy atom. The second-order valence-electron chi connectivity index (χ2n) is 4.57. The molecule has 0 radical (unpaired) electrons. The first-order valence-corrected chi connectivity index (χ1v) is 6.41. The van der Waals surface area contributed by atoms with Crippen molar-refractivity contribution in [1.82, 2.24) is 10.3 Å². The number of carbonyl (C=O) groups excluding carboxylic acids is 2. The van der Waals surface area contributed by atoms with Crippen molar-refractivity contribution >= 4 is 11.7 Å². The van der Waals surface area contributed by atoms with Gasteiger partial charge in [0.2, 0.25) is 0 Å². The molecule has 102 valence electrons. The number of ketones is 1. The second-order valence-corrected chi connectivity index (χ2v) is 4.57. The fourth-order valence-corrected chi connectivity index (χ4v) is 1.94. The van der Waals surface area contributed by atoms with Crippen molar-refractivity contribution < 1.29 is 9.59 Å². The van der Waals surface area contributed by atoms with Gasteiger partial charge in [0, 0.05) is 30.9 Å². The minimum atomic E-state index is -0.168. The summed E-state index contributed by atoms with van der Waals surface area (Å²) < 4.78 is 0. The Kier molecular flexibility index (Phi) is 4.60. The van der Waals surface area contributed by atoms with Gasteiger partial charge in [-0.1, -0.05) is 18.2 Å². The van der Waals surface area contributed by atoms with Crippen LogP contribution in [-0.2, 0) is 17.8 Å². The zero-order valence-corrected chi connectivity index (χ0v) is 11.3. The van der Waals surface area contributed by atoms with Gasteiger partial charge in [-0.05, 0) is 36.2 Å². The number of benzene rings is 1. The zero-order chi connectivity index (χ0) is 14.4. The summed E-state index contributed by atoms with van der Waals surface area (Å²) in [5.41, 5.74) is 2.29. The Morgan fingerprint density at radius 2 is 1.80 bits per heavy atom. The van der Waals surface area contributed by atoms with Crippen LogP contribution in [0.15, 0.2) is 48.8 Å². The van der Waals surface area contributed by atoms with Crippen LogP contribution in [0, 0.1) is 0 Å². The number of hydrogen-bond acceptors (Lipinski definition) is 3. The molecule has 0 fully saturated rings. The van der Waals surface area contributed by atoms with E-state index in [0.29, 0.717) is 12.1 Å². The molecule has 2 aromatic rings. The van der Waals surface area contributed by atoms with E-state index in [9.17, 15) is 9.59 Å². The van der Waals surface area contributed by atoms with Gasteiger partial charge in [0.15, 0.2) is 0 Å². The third-order valence-corrected chi connectivity index (χ3v) is 2.90. The molecular weight excluding hydrogens is 252 g/mol. The van der Waals surface area contributed by atoms with Crippen LogP contribution in [0.4, 0.5) is 0 Å². The first-order chi connectivity index (χ1) is 9.66. The fourth-order valence-electron chi connectivity index (χ4n) is 1.94. The van der Waals surface area contributed by atoms with E-state index >= 15 is 0 Å². The number of nitrogens with one attached hydrogen (secondary N) is 1. The Balaban J connectivity index is 2.07. The molecule has 1 aromatic heterocycles. The van der Waals surface area contributed by atoms with E-state index in [1.54, 1.807) is 24.5 Å². The average Bonchev–Trinajstić information content (AvgIpc) is 2.46. The maximum atomic E-state index is 12.2. The molecule has 0 aliphatic heterocycles. The maximum Gasteiger partial charge on any atom is 0.251 e. The van der Waals surface area contributed by atoms with Crippen molar-refractivity contribution in [2.75, 3.05) is 0 Å². The van der Waals surface area contributed by atoms with E-state index in [0.717, 1.165) is 11.1 Å². The molecule has 1 heterocycles. The van der Waals surface area contributed by atoms with Crippen molar-refractivity contribution in [2.45, 2.75) is 19.9 Å². The number of nitrogens with zero attached hydrogens (tertiary/aromatic N) is 1. The molecule has 2 rings (SSSR count). The summed E-state index contributed by atoms with van der Waals surface area (Å²) in [7, 11) is 0. The predicted octanol–water partition coefficient (Wildman–Crippen LogP) is 2.14. The Labute approximate surface area is 117 Å². The average molecular weight is 268 g/mol. The lowest BCUT2D eigenvalue weighted by molar-refractivity contribution is -0.116. The van der Waals surface area contributed by atoms with Gasteiger partial charge in [-0.2, -0.15) is 0 Å². The van der Waals surface area contributed by atoms with Gasteiger partial charge >= 0.3 is 0 Å². The molecule has 1 N–H and O–H groups in total. The summed E-state index contributed by atoms with van der Waals surface area (Å²) in [4.78, 5) is 27.3. The van der Waals surface area contributed by atoms with Crippen molar-refractivity contribution in [3.63, 3.8) is 0 Å². The molecule has 1 aromatic carbocycles. The van der Waals surface area contributed by atoms with Crippen LogP contribution in [0.5, 0.6) is 0 Å². The van der Waals surface area contributed by atoms with Gasteiger partial charge in [-0.15, -0.1) is 0 Å². The highest BCUT2D eigenvalue weighted by molar-refractivity contribution is 5.97. The molecule has 4 heteroatoms. The molecule has 0 unspecified atom stereocenters. The quantitative estimate of drug-likeness (QED) is 0.903. The van der Waals surface area contributed by atoms with E-state index in [1.807, 2.05) is 24.3 Å². The molecule has 1 amide bonds. The molecule has 0 bridgehead atoms. The van der Waals surface area contributed by atoms with E-state index in [4.69, 9.17) is 0 Å². The standard InChI is InChI=1S/C16H16N2O2/c1-12(19)10-14-4-2-3-5-15(14)16(20)18-11-13-6-8-17-9-7-13/h2-9H,10-11H2,1H3,(H,18,20). The Bertz CT molecular complexity index is 609. The van der Waals surface area contributed by atoms with Crippen LogP contribution in [0.1, 0.15) is 28.4 Å². The molecule has 0 aliphatic rings. The van der Waals surface area contributed by atoms with Gasteiger partial charge < -0.3 is 5.32 Å². The minimum absolute atomic E-state index is 0.0411. The third kappa shape index (κ3) is 3.75. The molecule has 0 saturated heterocycles. The second kappa shape index (κ2) is 6.61. The number of amides is 1. The normalized spacial score (nSPS) is 10.1. The van der Waals surface area contributed by atoms with Gasteiger partial charge in [-0.25, -0.2) is 0 Å². The van der Waals surface area contributed by atoms with Crippen molar-refractivity contribution in [3.05, 3.63) is 65.5 Å². The van der Waals surface area contributed by atoms with E-state index in [2.05, 4.69) is 10.3 Å². The van der Waals surface area contributed by atoms with Crippen LogP contribution >= 0.6 is 0 Å². The SMILES string of the molecule is CC(=O)Cc1ccccc1C(=O)NCc1ccncc1. The van der Waals surface area contributed by atoms with Gasteiger partial charge in [0.25, 0.3) is 5.91 Å². The van der Waals surface area contributed by atoms with Crippen molar-refractivity contribution in [3.8, 4) is 0 Å². The number of aromatic nitrogens is 1. The molecule has 0 aliphatic carbocycles. The Hall–Kier alpha value is -2.49. The van der Waals surface area contributed by atoms with Crippen LogP contribution in [0.3, 0.4) is 0 Å². The number of pyridine rings is 1. The predicted molar refractivity (Wildman–Crippen MR) is 76.2 cm³/mol. The molecule has 0 saturated carbocycles. The van der Waals surface area contributed by atoms with Crippen molar-refractivity contribution in [1.29, 1.82) is 0 Å². The van der Waals surface area contributed by atoms with Crippen LogP contribution in [-0.4, -0.2) is 16.7 Å². The first kappa shape index (κ1) is 13.9. The molecule has 0 atom stereocenters. The highest BCUT2D eigenvalue weighted by Crippen LogP contribution is 2.10. The minimum Gasteiger partial charge on any atom is -0.348 e. The van der Waals surface area contributed by atoms with Gasteiger partial charge in [-0.3, -0.25) is 14.6 Å². The molecular formula is C16H16N2O2. The summed E-state index contributed by atoms with van der Waals surface area (Å²) >= 11 is 0.